The Labute approximate surface area is 158 Å². The summed E-state index contributed by atoms with van der Waals surface area (Å²) in [4.78, 5) is 27.7. The quantitative estimate of drug-likeness (QED) is 0.656. The van der Waals surface area contributed by atoms with E-state index in [2.05, 4.69) is 15.4 Å². The van der Waals surface area contributed by atoms with E-state index in [1.54, 1.807) is 35.3 Å². The average molecular weight is 389 g/mol. The van der Waals surface area contributed by atoms with Gasteiger partial charge in [-0.1, -0.05) is 23.7 Å². The molecule has 0 aliphatic carbocycles. The highest BCUT2D eigenvalue weighted by Gasteiger charge is 2.11. The molecule has 0 fully saturated rings. The van der Waals surface area contributed by atoms with Crippen LogP contribution < -0.4 is 5.32 Å². The van der Waals surface area contributed by atoms with Crippen molar-refractivity contribution in [3.05, 3.63) is 77.1 Å². The standard InChI is InChI=1S/C18H14ClFN4O3/c19-15-7-14(5-6-16(15)20)23-17(25)9-27-18(26)13-3-1-12(2-4-13)8-24-11-21-10-22-24/h1-7,10-11H,8-9H2,(H,23,25). The molecule has 0 unspecified atom stereocenters. The van der Waals surface area contributed by atoms with E-state index in [1.807, 2.05) is 0 Å². The summed E-state index contributed by atoms with van der Waals surface area (Å²) < 4.78 is 19.7. The number of amides is 1. The number of nitrogens with zero attached hydrogens (tertiary/aromatic N) is 3. The van der Waals surface area contributed by atoms with Crippen LogP contribution in [-0.4, -0.2) is 33.2 Å². The maximum absolute atomic E-state index is 13.1. The van der Waals surface area contributed by atoms with Crippen molar-refractivity contribution in [3.63, 3.8) is 0 Å². The number of halogens is 2. The maximum atomic E-state index is 13.1. The minimum atomic E-state index is -0.630. The first-order valence-corrected chi connectivity index (χ1v) is 8.22. The maximum Gasteiger partial charge on any atom is 0.338 e. The van der Waals surface area contributed by atoms with Gasteiger partial charge in [0.1, 0.15) is 18.5 Å². The van der Waals surface area contributed by atoms with Crippen molar-refractivity contribution in [1.29, 1.82) is 0 Å². The van der Waals surface area contributed by atoms with Crippen molar-refractivity contribution < 1.29 is 18.7 Å². The van der Waals surface area contributed by atoms with E-state index in [9.17, 15) is 14.0 Å². The average Bonchev–Trinajstić information content (AvgIpc) is 3.16. The molecule has 0 radical (unpaired) electrons. The van der Waals surface area contributed by atoms with Gasteiger partial charge in [0, 0.05) is 5.69 Å². The Hall–Kier alpha value is -3.26. The summed E-state index contributed by atoms with van der Waals surface area (Å²) in [5.74, 6) is -1.78. The molecule has 138 valence electrons. The second-order valence-electron chi connectivity index (χ2n) is 5.54. The van der Waals surface area contributed by atoms with E-state index in [0.29, 0.717) is 17.8 Å². The number of esters is 1. The molecule has 1 aromatic heterocycles. The Morgan fingerprint density at radius 1 is 1.19 bits per heavy atom. The smallest absolute Gasteiger partial charge is 0.338 e. The fourth-order valence-electron chi connectivity index (χ4n) is 2.23. The Bertz CT molecular complexity index is 946. The van der Waals surface area contributed by atoms with Crippen LogP contribution in [0, 0.1) is 5.82 Å². The second-order valence-corrected chi connectivity index (χ2v) is 5.95. The molecule has 0 aliphatic heterocycles. The largest absolute Gasteiger partial charge is 0.452 e. The van der Waals surface area contributed by atoms with Crippen LogP contribution >= 0.6 is 11.6 Å². The number of hydrogen-bond donors (Lipinski definition) is 1. The van der Waals surface area contributed by atoms with Crippen LogP contribution in [0.5, 0.6) is 0 Å². The Balaban J connectivity index is 1.50. The summed E-state index contributed by atoms with van der Waals surface area (Å²) in [6.45, 7) is 0.0481. The van der Waals surface area contributed by atoms with Gasteiger partial charge in [0.2, 0.25) is 0 Å². The monoisotopic (exact) mass is 388 g/mol. The lowest BCUT2D eigenvalue weighted by Crippen LogP contribution is -2.21. The van der Waals surface area contributed by atoms with Gasteiger partial charge >= 0.3 is 5.97 Å². The van der Waals surface area contributed by atoms with Crippen molar-refractivity contribution in [3.8, 4) is 0 Å². The second kappa shape index (κ2) is 8.41. The van der Waals surface area contributed by atoms with E-state index in [1.165, 1.54) is 18.5 Å². The summed E-state index contributed by atoms with van der Waals surface area (Å²) in [5.41, 5.74) is 1.55. The molecular formula is C18H14ClFN4O3. The van der Waals surface area contributed by atoms with Gasteiger partial charge in [-0.05, 0) is 35.9 Å². The predicted octanol–water partition coefficient (Wildman–Crippen LogP) is 2.91. The van der Waals surface area contributed by atoms with Gasteiger partial charge < -0.3 is 10.1 Å². The van der Waals surface area contributed by atoms with Crippen molar-refractivity contribution in [2.24, 2.45) is 0 Å². The van der Waals surface area contributed by atoms with Gasteiger partial charge in [-0.25, -0.2) is 18.9 Å². The van der Waals surface area contributed by atoms with Crippen molar-refractivity contribution in [1.82, 2.24) is 14.8 Å². The van der Waals surface area contributed by atoms with Crippen molar-refractivity contribution in [2.45, 2.75) is 6.54 Å². The van der Waals surface area contributed by atoms with Crippen LogP contribution in [0.3, 0.4) is 0 Å². The van der Waals surface area contributed by atoms with Gasteiger partial charge in [-0.2, -0.15) is 5.10 Å². The normalized spacial score (nSPS) is 10.4. The summed E-state index contributed by atoms with van der Waals surface area (Å²) in [6.07, 6.45) is 3.03. The van der Waals surface area contributed by atoms with Crippen LogP contribution in [0.15, 0.2) is 55.1 Å². The lowest BCUT2D eigenvalue weighted by atomic mass is 10.1. The SMILES string of the molecule is O=C(COC(=O)c1ccc(Cn2cncn2)cc1)Nc1ccc(F)c(Cl)c1. The number of rotatable bonds is 6. The molecule has 1 N–H and O–H groups in total. The first-order chi connectivity index (χ1) is 13.0. The van der Waals surface area contributed by atoms with Crippen LogP contribution in [0.2, 0.25) is 5.02 Å². The molecule has 7 nitrogen and oxygen atoms in total. The molecule has 27 heavy (non-hydrogen) atoms. The van der Waals surface area contributed by atoms with Crippen molar-refractivity contribution in [2.75, 3.05) is 11.9 Å². The predicted molar refractivity (Wildman–Crippen MR) is 95.9 cm³/mol. The highest BCUT2D eigenvalue weighted by molar-refractivity contribution is 6.31. The highest BCUT2D eigenvalue weighted by Crippen LogP contribution is 2.19. The molecule has 9 heteroatoms. The third-order valence-corrected chi connectivity index (χ3v) is 3.83. The highest BCUT2D eigenvalue weighted by atomic mass is 35.5. The van der Waals surface area contributed by atoms with Gasteiger partial charge in [-0.3, -0.25) is 4.79 Å². The molecule has 0 saturated carbocycles. The number of aromatic nitrogens is 3. The molecule has 3 aromatic rings. The Morgan fingerprint density at radius 3 is 2.63 bits per heavy atom. The Morgan fingerprint density at radius 2 is 1.96 bits per heavy atom. The van der Waals surface area contributed by atoms with Gasteiger partial charge in [0.05, 0.1) is 17.1 Å². The van der Waals surface area contributed by atoms with Gasteiger partial charge in [0.25, 0.3) is 5.91 Å². The van der Waals surface area contributed by atoms with Crippen LogP contribution in [-0.2, 0) is 16.1 Å². The fraction of sp³-hybridized carbons (Fsp3) is 0.111. The zero-order valence-electron chi connectivity index (χ0n) is 13.9. The zero-order chi connectivity index (χ0) is 19.2. The molecule has 0 saturated heterocycles. The third kappa shape index (κ3) is 5.11. The molecular weight excluding hydrogens is 375 g/mol. The van der Waals surface area contributed by atoms with Crippen molar-refractivity contribution >= 4 is 29.2 Å². The zero-order valence-corrected chi connectivity index (χ0v) is 14.7. The van der Waals surface area contributed by atoms with E-state index in [0.717, 1.165) is 11.6 Å². The van der Waals surface area contributed by atoms with Gasteiger partial charge in [0.15, 0.2) is 6.61 Å². The summed E-state index contributed by atoms with van der Waals surface area (Å²) in [5, 5.41) is 6.36. The van der Waals surface area contributed by atoms with Crippen LogP contribution in [0.25, 0.3) is 0 Å². The molecule has 3 rings (SSSR count). The molecule has 0 bridgehead atoms. The molecule has 0 atom stereocenters. The number of anilines is 1. The number of ether oxygens (including phenoxy) is 1. The molecule has 1 heterocycles. The lowest BCUT2D eigenvalue weighted by molar-refractivity contribution is -0.119. The first-order valence-electron chi connectivity index (χ1n) is 7.84. The number of nitrogens with one attached hydrogen (secondary N) is 1. The summed E-state index contributed by atoms with van der Waals surface area (Å²) in [6, 6.07) is 10.5. The van der Waals surface area contributed by atoms with E-state index in [-0.39, 0.29) is 5.02 Å². The number of carbonyl (C=O) groups excluding carboxylic acids is 2. The topological polar surface area (TPSA) is 86.1 Å². The lowest BCUT2D eigenvalue weighted by Gasteiger charge is -2.08. The fourth-order valence-corrected chi connectivity index (χ4v) is 2.41. The van der Waals surface area contributed by atoms with Crippen LogP contribution in [0.1, 0.15) is 15.9 Å². The van der Waals surface area contributed by atoms with E-state index in [4.69, 9.17) is 16.3 Å². The van der Waals surface area contributed by atoms with E-state index < -0.39 is 24.3 Å². The molecule has 1 amide bonds. The minimum Gasteiger partial charge on any atom is -0.452 e. The molecule has 2 aromatic carbocycles. The minimum absolute atomic E-state index is 0.115. The third-order valence-electron chi connectivity index (χ3n) is 3.54. The summed E-state index contributed by atoms with van der Waals surface area (Å²) in [7, 11) is 0. The number of benzene rings is 2. The van der Waals surface area contributed by atoms with E-state index >= 15 is 0 Å². The van der Waals surface area contributed by atoms with Crippen LogP contribution in [0.4, 0.5) is 10.1 Å². The molecule has 0 spiro atoms. The molecule has 0 aliphatic rings. The first kappa shape index (κ1) is 18.5. The summed E-state index contributed by atoms with van der Waals surface area (Å²) >= 11 is 5.64. The number of carbonyl (C=O) groups is 2. The van der Waals surface area contributed by atoms with Gasteiger partial charge in [-0.15, -0.1) is 0 Å². The Kier molecular flexibility index (Phi) is 5.77. The number of hydrogen-bond acceptors (Lipinski definition) is 5.